The molecule has 0 aliphatic carbocycles. The number of Topliss-reactive ketones (excluding diaryl/α,β-unsaturated/α-hetero) is 1. The third-order valence-corrected chi connectivity index (χ3v) is 3.46. The Hall–Kier alpha value is -1.95. The van der Waals surface area contributed by atoms with Crippen molar-refractivity contribution in [1.82, 2.24) is 4.98 Å². The predicted molar refractivity (Wildman–Crippen MR) is 69.7 cm³/mol. The first-order valence-electron chi connectivity index (χ1n) is 6.34. The van der Waals surface area contributed by atoms with Crippen LogP contribution < -0.4 is 4.74 Å². The van der Waals surface area contributed by atoms with Gasteiger partial charge < -0.3 is 14.6 Å². The van der Waals surface area contributed by atoms with E-state index in [9.17, 15) is 14.7 Å². The third kappa shape index (κ3) is 2.65. The van der Waals surface area contributed by atoms with Gasteiger partial charge in [-0.1, -0.05) is 0 Å². The number of nitrogens with zero attached hydrogens (tertiary/aromatic N) is 1. The molecule has 1 aliphatic rings. The Balaban J connectivity index is 2.35. The van der Waals surface area contributed by atoms with Crippen molar-refractivity contribution in [2.75, 3.05) is 20.3 Å². The fourth-order valence-electron chi connectivity index (χ4n) is 2.36. The quantitative estimate of drug-likeness (QED) is 0.828. The topological polar surface area (TPSA) is 85.7 Å². The lowest BCUT2D eigenvalue weighted by Gasteiger charge is -2.31. The van der Waals surface area contributed by atoms with Gasteiger partial charge in [-0.25, -0.2) is 0 Å². The van der Waals surface area contributed by atoms with E-state index in [-0.39, 0.29) is 31.8 Å². The van der Waals surface area contributed by atoms with Crippen molar-refractivity contribution in [1.29, 1.82) is 0 Å². The van der Waals surface area contributed by atoms with Crippen molar-refractivity contribution in [2.45, 2.75) is 19.8 Å². The zero-order valence-corrected chi connectivity index (χ0v) is 11.5. The molecule has 1 aliphatic heterocycles. The van der Waals surface area contributed by atoms with Gasteiger partial charge in [-0.05, 0) is 6.92 Å². The number of carbonyl (C=O) groups excluding carboxylic acids is 1. The van der Waals surface area contributed by atoms with Crippen LogP contribution in [0.15, 0.2) is 12.1 Å². The number of carboxylic acids is 1. The van der Waals surface area contributed by atoms with Gasteiger partial charge in [0.05, 0.1) is 20.3 Å². The monoisotopic (exact) mass is 279 g/mol. The minimum Gasteiger partial charge on any atom is -0.497 e. The standard InChI is InChI=1S/C14H17NO5/c1-9-5-11(19-2)6-10(15-9)7-14(13(17)18)8-20-4-3-12(14)16/h5-6H,3-4,7-8H2,1-2H3,(H,17,18). The molecule has 0 bridgehead atoms. The lowest BCUT2D eigenvalue weighted by Crippen LogP contribution is -2.48. The number of aliphatic carboxylic acids is 1. The Morgan fingerprint density at radius 2 is 2.30 bits per heavy atom. The molecule has 1 N–H and O–H groups in total. The average molecular weight is 279 g/mol. The smallest absolute Gasteiger partial charge is 0.319 e. The first-order valence-corrected chi connectivity index (χ1v) is 6.34. The van der Waals surface area contributed by atoms with E-state index in [1.54, 1.807) is 19.1 Å². The van der Waals surface area contributed by atoms with Crippen molar-refractivity contribution < 1.29 is 24.2 Å². The van der Waals surface area contributed by atoms with Crippen LogP contribution in [0.3, 0.4) is 0 Å². The van der Waals surface area contributed by atoms with Crippen molar-refractivity contribution in [3.8, 4) is 5.75 Å². The summed E-state index contributed by atoms with van der Waals surface area (Å²) in [4.78, 5) is 27.9. The molecule has 1 atom stereocenters. The van der Waals surface area contributed by atoms with E-state index in [1.165, 1.54) is 7.11 Å². The number of aromatic nitrogens is 1. The van der Waals surface area contributed by atoms with E-state index < -0.39 is 11.4 Å². The van der Waals surface area contributed by atoms with Crippen LogP contribution in [0.4, 0.5) is 0 Å². The summed E-state index contributed by atoms with van der Waals surface area (Å²) in [6.45, 7) is 1.95. The van der Waals surface area contributed by atoms with E-state index in [2.05, 4.69) is 4.98 Å². The van der Waals surface area contributed by atoms with Gasteiger partial charge in [-0.15, -0.1) is 0 Å². The highest BCUT2D eigenvalue weighted by Gasteiger charge is 2.48. The molecular formula is C14H17NO5. The molecule has 2 heterocycles. The van der Waals surface area contributed by atoms with E-state index in [4.69, 9.17) is 9.47 Å². The van der Waals surface area contributed by atoms with E-state index in [0.717, 1.165) is 0 Å². The van der Waals surface area contributed by atoms with E-state index in [0.29, 0.717) is 17.1 Å². The molecule has 20 heavy (non-hydrogen) atoms. The summed E-state index contributed by atoms with van der Waals surface area (Å²) in [5.74, 6) is -0.875. The van der Waals surface area contributed by atoms with Gasteiger partial charge in [0.1, 0.15) is 5.75 Å². The van der Waals surface area contributed by atoms with Crippen LogP contribution in [0, 0.1) is 12.3 Å². The van der Waals surface area contributed by atoms with Gasteiger partial charge in [0.2, 0.25) is 0 Å². The lowest BCUT2D eigenvalue weighted by atomic mass is 9.77. The molecule has 1 saturated heterocycles. The second-order valence-corrected chi connectivity index (χ2v) is 4.93. The zero-order chi connectivity index (χ0) is 14.8. The highest BCUT2D eigenvalue weighted by molar-refractivity contribution is 6.04. The molecule has 0 amide bonds. The number of hydrogen-bond acceptors (Lipinski definition) is 5. The number of pyridine rings is 1. The molecule has 1 aromatic rings. The molecule has 0 aromatic carbocycles. The first kappa shape index (κ1) is 14.5. The summed E-state index contributed by atoms with van der Waals surface area (Å²) in [5.41, 5.74) is -0.309. The molecule has 1 aromatic heterocycles. The Kier molecular flexibility index (Phi) is 4.04. The van der Waals surface area contributed by atoms with Gasteiger partial charge in [0, 0.05) is 36.4 Å². The maximum Gasteiger partial charge on any atom is 0.319 e. The molecule has 108 valence electrons. The number of methoxy groups -OCH3 is 1. The summed E-state index contributed by atoms with van der Waals surface area (Å²) in [6.07, 6.45) is 0.133. The lowest BCUT2D eigenvalue weighted by molar-refractivity contribution is -0.164. The molecule has 0 saturated carbocycles. The van der Waals surface area contributed by atoms with Gasteiger partial charge in [0.25, 0.3) is 0 Å². The van der Waals surface area contributed by atoms with Gasteiger partial charge in [0.15, 0.2) is 11.2 Å². The summed E-state index contributed by atoms with van der Waals surface area (Å²) in [7, 11) is 1.53. The van der Waals surface area contributed by atoms with Gasteiger partial charge in [-0.2, -0.15) is 0 Å². The zero-order valence-electron chi connectivity index (χ0n) is 11.5. The average Bonchev–Trinajstić information content (AvgIpc) is 2.40. The molecule has 1 fully saturated rings. The summed E-state index contributed by atoms with van der Waals surface area (Å²) < 4.78 is 10.4. The van der Waals surface area contributed by atoms with E-state index in [1.807, 2.05) is 0 Å². The number of aryl methyl sites for hydroxylation is 1. The predicted octanol–water partition coefficient (Wildman–Crippen LogP) is 1.00. The van der Waals surface area contributed by atoms with Crippen LogP contribution in [-0.2, 0) is 20.7 Å². The normalized spacial score (nSPS) is 22.6. The summed E-state index contributed by atoms with van der Waals surface area (Å²) in [5, 5.41) is 9.46. The second-order valence-electron chi connectivity index (χ2n) is 4.93. The maximum atomic E-state index is 12.1. The Labute approximate surface area is 116 Å². The Morgan fingerprint density at radius 1 is 1.55 bits per heavy atom. The second kappa shape index (κ2) is 5.58. The minimum atomic E-state index is -1.54. The van der Waals surface area contributed by atoms with Gasteiger partial charge >= 0.3 is 5.97 Å². The molecular weight excluding hydrogens is 262 g/mol. The Morgan fingerprint density at radius 3 is 2.90 bits per heavy atom. The minimum absolute atomic E-state index is 0.0131. The highest BCUT2D eigenvalue weighted by Crippen LogP contribution is 2.30. The van der Waals surface area contributed by atoms with Crippen LogP contribution >= 0.6 is 0 Å². The van der Waals surface area contributed by atoms with Crippen molar-refractivity contribution in [3.63, 3.8) is 0 Å². The van der Waals surface area contributed by atoms with Crippen molar-refractivity contribution in [2.24, 2.45) is 5.41 Å². The molecule has 0 spiro atoms. The molecule has 2 rings (SSSR count). The number of hydrogen-bond donors (Lipinski definition) is 1. The van der Waals surface area contributed by atoms with Crippen LogP contribution in [-0.4, -0.2) is 42.2 Å². The van der Waals surface area contributed by atoms with E-state index >= 15 is 0 Å². The number of rotatable bonds is 4. The fraction of sp³-hybridized carbons (Fsp3) is 0.500. The van der Waals surface area contributed by atoms with Crippen LogP contribution in [0.2, 0.25) is 0 Å². The number of carbonyl (C=O) groups is 2. The Bertz CT molecular complexity index is 542. The number of carboxylic acid groups (broad SMARTS) is 1. The van der Waals surface area contributed by atoms with Crippen molar-refractivity contribution in [3.05, 3.63) is 23.5 Å². The number of ketones is 1. The van der Waals surface area contributed by atoms with Crippen LogP contribution in [0.25, 0.3) is 0 Å². The number of ether oxygens (including phenoxy) is 2. The largest absolute Gasteiger partial charge is 0.497 e. The summed E-state index contributed by atoms with van der Waals surface area (Å²) in [6, 6.07) is 3.40. The fourth-order valence-corrected chi connectivity index (χ4v) is 2.36. The van der Waals surface area contributed by atoms with Crippen LogP contribution in [0.1, 0.15) is 17.8 Å². The molecule has 6 heteroatoms. The highest BCUT2D eigenvalue weighted by atomic mass is 16.5. The third-order valence-electron chi connectivity index (χ3n) is 3.46. The summed E-state index contributed by atoms with van der Waals surface area (Å²) >= 11 is 0. The van der Waals surface area contributed by atoms with Crippen LogP contribution in [0.5, 0.6) is 5.75 Å². The first-order chi connectivity index (χ1) is 9.48. The van der Waals surface area contributed by atoms with Gasteiger partial charge in [-0.3, -0.25) is 14.6 Å². The maximum absolute atomic E-state index is 12.1. The van der Waals surface area contributed by atoms with Crippen molar-refractivity contribution >= 4 is 11.8 Å². The molecule has 1 unspecified atom stereocenters. The SMILES string of the molecule is COc1cc(C)nc(CC2(C(=O)O)COCCC2=O)c1. The molecule has 0 radical (unpaired) electrons. The molecule has 6 nitrogen and oxygen atoms in total.